The van der Waals surface area contributed by atoms with E-state index in [1.54, 1.807) is 0 Å². The molecule has 1 aliphatic heterocycles. The first-order valence-electron chi connectivity index (χ1n) is 6.60. The molecule has 0 unspecified atom stereocenters. The molecule has 1 saturated heterocycles. The van der Waals surface area contributed by atoms with Crippen LogP contribution in [0, 0.1) is 17.2 Å². The van der Waals surface area contributed by atoms with E-state index in [1.807, 2.05) is 6.07 Å². The van der Waals surface area contributed by atoms with Crippen LogP contribution in [0.2, 0.25) is 0 Å². The highest BCUT2D eigenvalue weighted by Gasteiger charge is 2.33. The minimum Gasteiger partial charge on any atom is -0.382 e. The van der Waals surface area contributed by atoms with Crippen LogP contribution >= 0.6 is 0 Å². The van der Waals surface area contributed by atoms with Crippen LogP contribution in [-0.4, -0.2) is 61.8 Å². The molecule has 0 aromatic carbocycles. The molecule has 2 heterocycles. The van der Waals surface area contributed by atoms with Gasteiger partial charge in [0, 0.05) is 20.0 Å². The summed E-state index contributed by atoms with van der Waals surface area (Å²) in [5.41, 5.74) is 5.83. The van der Waals surface area contributed by atoms with Crippen LogP contribution in [0.5, 0.6) is 0 Å². The zero-order valence-corrected chi connectivity index (χ0v) is 13.2. The largest absolute Gasteiger partial charge is 0.382 e. The number of nitrogen functional groups attached to an aromatic ring is 1. The Morgan fingerprint density at radius 2 is 2.27 bits per heavy atom. The molecule has 9 nitrogen and oxygen atoms in total. The molecule has 0 aliphatic carbocycles. The first-order chi connectivity index (χ1) is 10.3. The van der Waals surface area contributed by atoms with Gasteiger partial charge in [0.15, 0.2) is 0 Å². The van der Waals surface area contributed by atoms with Crippen molar-refractivity contribution in [3.05, 3.63) is 11.8 Å². The molecule has 0 radical (unpaired) electrons. The lowest BCUT2D eigenvalue weighted by Crippen LogP contribution is -2.37. The van der Waals surface area contributed by atoms with Gasteiger partial charge < -0.3 is 15.8 Å². The van der Waals surface area contributed by atoms with Gasteiger partial charge in [-0.1, -0.05) is 0 Å². The monoisotopic (exact) mass is 326 g/mol. The van der Waals surface area contributed by atoms with Crippen LogP contribution in [-0.2, 0) is 14.8 Å². The van der Waals surface area contributed by atoms with E-state index in [4.69, 9.17) is 15.7 Å². The molecule has 1 aromatic rings. The molecular weight excluding hydrogens is 308 g/mol. The number of nitrogens with zero attached hydrogens (tertiary/aromatic N) is 4. The highest BCUT2D eigenvalue weighted by atomic mass is 32.2. The number of sulfonamides is 1. The molecule has 0 amide bonds. The lowest BCUT2D eigenvalue weighted by Gasteiger charge is -2.21. The molecule has 0 bridgehead atoms. The summed E-state index contributed by atoms with van der Waals surface area (Å²) in [5.74, 6) is 0.0900. The van der Waals surface area contributed by atoms with Crippen molar-refractivity contribution in [1.29, 1.82) is 5.26 Å². The summed E-state index contributed by atoms with van der Waals surface area (Å²) in [5, 5.41) is 11.8. The van der Waals surface area contributed by atoms with E-state index in [9.17, 15) is 8.42 Å². The molecule has 0 saturated carbocycles. The Bertz CT molecular complexity index is 685. The van der Waals surface area contributed by atoms with Crippen molar-refractivity contribution < 1.29 is 13.2 Å². The first kappa shape index (κ1) is 16.4. The predicted molar refractivity (Wildman–Crippen MR) is 80.4 cm³/mol. The molecule has 10 heteroatoms. The van der Waals surface area contributed by atoms with Gasteiger partial charge in [0.25, 0.3) is 0 Å². The Balaban J connectivity index is 2.09. The number of nitrogens with one attached hydrogen (secondary N) is 1. The molecule has 120 valence electrons. The van der Waals surface area contributed by atoms with Gasteiger partial charge in [0.1, 0.15) is 17.5 Å². The quantitative estimate of drug-likeness (QED) is 0.721. The van der Waals surface area contributed by atoms with Gasteiger partial charge in [0.2, 0.25) is 16.0 Å². The van der Waals surface area contributed by atoms with Gasteiger partial charge >= 0.3 is 0 Å². The van der Waals surface area contributed by atoms with Crippen LogP contribution in [0.4, 0.5) is 11.8 Å². The van der Waals surface area contributed by atoms with E-state index in [1.165, 1.54) is 24.6 Å². The van der Waals surface area contributed by atoms with Crippen LogP contribution in [0.15, 0.2) is 6.20 Å². The van der Waals surface area contributed by atoms with Crippen molar-refractivity contribution in [1.82, 2.24) is 14.3 Å². The molecule has 0 spiro atoms. The molecule has 2 rings (SSSR count). The second-order valence-corrected chi connectivity index (χ2v) is 7.44. The lowest BCUT2D eigenvalue weighted by atomic mass is 10.1. The van der Waals surface area contributed by atoms with Crippen LogP contribution in [0.25, 0.3) is 0 Å². The van der Waals surface area contributed by atoms with Gasteiger partial charge in [-0.25, -0.2) is 17.7 Å². The maximum absolute atomic E-state index is 12.0. The fourth-order valence-corrected chi connectivity index (χ4v) is 3.23. The SMILES string of the molecule is CN(C)S(=O)(=O)C[C@@H]1COC[C@H]1Nc1ncc(C#N)c(N)n1. The number of nitrogens with two attached hydrogens (primary N) is 1. The first-order valence-corrected chi connectivity index (χ1v) is 8.21. The fraction of sp³-hybridized carbons (Fsp3) is 0.583. The molecule has 1 aromatic heterocycles. The Hall–Kier alpha value is -1.96. The maximum Gasteiger partial charge on any atom is 0.224 e. The van der Waals surface area contributed by atoms with E-state index in [2.05, 4.69) is 15.3 Å². The summed E-state index contributed by atoms with van der Waals surface area (Å²) in [7, 11) is -0.325. The second kappa shape index (κ2) is 6.43. The molecular formula is C12H18N6O3S. The standard InChI is InChI=1S/C12H18N6O3S/c1-18(2)22(19,20)7-9-5-21-6-10(9)16-12-15-4-8(3-13)11(14)17-12/h4,9-10H,5-7H2,1-2H3,(H3,14,15,16,17)/t9-,10+/m0/s1. The van der Waals surface area contributed by atoms with Gasteiger partial charge in [-0.15, -0.1) is 0 Å². The van der Waals surface area contributed by atoms with E-state index < -0.39 is 10.0 Å². The Kier molecular flexibility index (Phi) is 4.80. The molecule has 1 aliphatic rings. The summed E-state index contributed by atoms with van der Waals surface area (Å²) < 4.78 is 30.5. The Morgan fingerprint density at radius 3 is 2.86 bits per heavy atom. The number of hydrogen-bond acceptors (Lipinski definition) is 8. The summed E-state index contributed by atoms with van der Waals surface area (Å²) in [4.78, 5) is 7.99. The third-order valence-corrected chi connectivity index (χ3v) is 5.39. The topological polar surface area (TPSA) is 134 Å². The minimum absolute atomic E-state index is 0.0244. The van der Waals surface area contributed by atoms with Crippen molar-refractivity contribution in [2.45, 2.75) is 6.04 Å². The van der Waals surface area contributed by atoms with Crippen LogP contribution in [0.3, 0.4) is 0 Å². The highest BCUT2D eigenvalue weighted by molar-refractivity contribution is 7.89. The van der Waals surface area contributed by atoms with E-state index >= 15 is 0 Å². The van der Waals surface area contributed by atoms with Crippen molar-refractivity contribution >= 4 is 21.8 Å². The predicted octanol–water partition coefficient (Wildman–Crippen LogP) is -0.751. The van der Waals surface area contributed by atoms with Gasteiger partial charge in [0.05, 0.1) is 31.2 Å². The summed E-state index contributed by atoms with van der Waals surface area (Å²) in [6.07, 6.45) is 1.33. The average molecular weight is 326 g/mol. The van der Waals surface area contributed by atoms with E-state index in [-0.39, 0.29) is 35.0 Å². The van der Waals surface area contributed by atoms with Crippen LogP contribution < -0.4 is 11.1 Å². The average Bonchev–Trinajstić information content (AvgIpc) is 2.85. The van der Waals surface area contributed by atoms with E-state index in [0.717, 1.165) is 0 Å². The van der Waals surface area contributed by atoms with Gasteiger partial charge in [-0.05, 0) is 0 Å². The number of aromatic nitrogens is 2. The Morgan fingerprint density at radius 1 is 1.55 bits per heavy atom. The number of anilines is 2. The summed E-state index contributed by atoms with van der Waals surface area (Å²) in [6, 6.07) is 1.65. The molecule has 2 atom stereocenters. The highest BCUT2D eigenvalue weighted by Crippen LogP contribution is 2.20. The molecule has 3 N–H and O–H groups in total. The third kappa shape index (κ3) is 3.62. The third-order valence-electron chi connectivity index (χ3n) is 3.43. The van der Waals surface area contributed by atoms with Crippen LogP contribution in [0.1, 0.15) is 5.56 Å². The van der Waals surface area contributed by atoms with E-state index in [0.29, 0.717) is 13.2 Å². The summed E-state index contributed by atoms with van der Waals surface area (Å²) in [6.45, 7) is 0.702. The van der Waals surface area contributed by atoms with Crippen molar-refractivity contribution in [3.63, 3.8) is 0 Å². The van der Waals surface area contributed by atoms with Crippen molar-refractivity contribution in [2.75, 3.05) is 44.1 Å². The zero-order chi connectivity index (χ0) is 16.3. The number of rotatable bonds is 5. The van der Waals surface area contributed by atoms with Gasteiger partial charge in [-0.3, -0.25) is 0 Å². The zero-order valence-electron chi connectivity index (χ0n) is 12.4. The molecule has 22 heavy (non-hydrogen) atoms. The van der Waals surface area contributed by atoms with Crippen molar-refractivity contribution in [2.24, 2.45) is 5.92 Å². The Labute approximate surface area is 129 Å². The second-order valence-electron chi connectivity index (χ2n) is 5.21. The molecule has 1 fully saturated rings. The fourth-order valence-electron chi connectivity index (χ4n) is 2.06. The smallest absolute Gasteiger partial charge is 0.224 e. The van der Waals surface area contributed by atoms with Gasteiger partial charge in [-0.2, -0.15) is 10.2 Å². The number of hydrogen-bond donors (Lipinski definition) is 2. The normalized spacial score (nSPS) is 21.7. The number of nitriles is 1. The summed E-state index contributed by atoms with van der Waals surface area (Å²) >= 11 is 0. The van der Waals surface area contributed by atoms with Crippen molar-refractivity contribution in [3.8, 4) is 6.07 Å². The number of ether oxygens (including phenoxy) is 1. The maximum atomic E-state index is 12.0. The minimum atomic E-state index is -3.32. The lowest BCUT2D eigenvalue weighted by molar-refractivity contribution is 0.187.